The van der Waals surface area contributed by atoms with E-state index < -0.39 is 0 Å². The molecule has 12 heterocycles. The van der Waals surface area contributed by atoms with Gasteiger partial charge in [-0.2, -0.15) is 17.5 Å². The van der Waals surface area contributed by atoms with Crippen molar-refractivity contribution in [2.24, 2.45) is 11.8 Å². The standard InChI is InChI=1S/C71H76N6S10/c1-7-13-17-19-23-45-25-27-51(78-45)53-29-31-55(80-53)57-33-35-59(82-57)65-67-63(74-86-76-67)47(41-72-65)61-37-49-69(84-61)70-50(71(49,39-43(11-5)21-15-9-3)40-44(12-6)22-16-10-4)38-62(85-70)48-42-73-66(68-64(48)75-87-77-68)60-36-34-58(83-60)56-32-30-54(81-56)52-28-26-46(79-52)24-20-18-14-8-2/h25-38,41-44H,7-24,39-40H2,1-6H3. The van der Waals surface area contributed by atoms with Crippen LogP contribution < -0.4 is 0 Å². The average molecular weight is 1330 g/mol. The third-order valence-corrected chi connectivity index (χ3v) is 28.9. The molecule has 2 atom stereocenters. The Hall–Kier alpha value is -4.46. The number of nitrogens with zero attached hydrogens (tertiary/aromatic N) is 6. The van der Waals surface area contributed by atoms with Crippen molar-refractivity contribution >= 4 is 136 Å². The molecule has 16 heteroatoms. The Labute approximate surface area is 554 Å². The molecular formula is C71H76N6S10. The van der Waals surface area contributed by atoms with E-state index in [9.17, 15) is 0 Å². The zero-order chi connectivity index (χ0) is 59.4. The van der Waals surface area contributed by atoms with Crippen molar-refractivity contribution in [1.82, 2.24) is 27.5 Å². The summed E-state index contributed by atoms with van der Waals surface area (Å²) >= 11 is 17.8. The molecule has 450 valence electrons. The molecule has 13 rings (SSSR count). The summed E-state index contributed by atoms with van der Waals surface area (Å²) in [5, 5.41) is 0. The number of thiophene rings is 8. The maximum absolute atomic E-state index is 5.33. The molecule has 0 amide bonds. The fourth-order valence-electron chi connectivity index (χ4n) is 13.0. The van der Waals surface area contributed by atoms with Crippen LogP contribution in [0.4, 0.5) is 0 Å². The van der Waals surface area contributed by atoms with Crippen LogP contribution in [0.15, 0.2) is 97.3 Å². The second-order valence-corrected chi connectivity index (χ2v) is 33.6. The molecule has 0 aromatic carbocycles. The van der Waals surface area contributed by atoms with Crippen molar-refractivity contribution in [3.63, 3.8) is 0 Å². The minimum Gasteiger partial charge on any atom is -0.252 e. The lowest BCUT2D eigenvalue weighted by Gasteiger charge is -2.37. The van der Waals surface area contributed by atoms with Crippen molar-refractivity contribution in [3.05, 3.63) is 118 Å². The van der Waals surface area contributed by atoms with Crippen LogP contribution in [0.2, 0.25) is 0 Å². The summed E-state index contributed by atoms with van der Waals surface area (Å²) in [7, 11) is 0. The minimum absolute atomic E-state index is 0.138. The van der Waals surface area contributed by atoms with Crippen LogP contribution in [0.25, 0.3) is 113 Å². The second kappa shape index (κ2) is 28.0. The Morgan fingerprint density at radius 3 is 1.10 bits per heavy atom. The Morgan fingerprint density at radius 1 is 0.356 bits per heavy atom. The van der Waals surface area contributed by atoms with Crippen LogP contribution in [0.3, 0.4) is 0 Å². The van der Waals surface area contributed by atoms with Crippen molar-refractivity contribution in [2.45, 2.75) is 175 Å². The number of hydrogen-bond donors (Lipinski definition) is 0. The summed E-state index contributed by atoms with van der Waals surface area (Å²) in [5.41, 5.74) is 10.6. The zero-order valence-electron chi connectivity index (χ0n) is 50.8. The van der Waals surface area contributed by atoms with Gasteiger partial charge < -0.3 is 0 Å². The molecule has 0 radical (unpaired) electrons. The third-order valence-electron chi connectivity index (χ3n) is 17.9. The number of unbranched alkanes of at least 4 members (excludes halogenated alkanes) is 8. The molecule has 0 N–H and O–H groups in total. The highest BCUT2D eigenvalue weighted by atomic mass is 32.1. The van der Waals surface area contributed by atoms with Gasteiger partial charge in [-0.05, 0) is 146 Å². The predicted octanol–water partition coefficient (Wildman–Crippen LogP) is 26.0. The minimum atomic E-state index is -0.138. The normalized spacial score (nSPS) is 13.6. The number of aromatic nitrogens is 6. The lowest BCUT2D eigenvalue weighted by atomic mass is 9.65. The summed E-state index contributed by atoms with van der Waals surface area (Å²) in [4.78, 5) is 31.8. The summed E-state index contributed by atoms with van der Waals surface area (Å²) < 4.78 is 20.2. The third kappa shape index (κ3) is 12.7. The van der Waals surface area contributed by atoms with Crippen LogP contribution in [-0.2, 0) is 18.3 Å². The van der Waals surface area contributed by atoms with Crippen molar-refractivity contribution in [1.29, 1.82) is 0 Å². The van der Waals surface area contributed by atoms with E-state index >= 15 is 0 Å². The van der Waals surface area contributed by atoms with E-state index in [4.69, 9.17) is 27.5 Å². The van der Waals surface area contributed by atoms with Gasteiger partial charge in [0.1, 0.15) is 33.5 Å². The fraction of sp³-hybridized carbons (Fsp3) is 0.408. The largest absolute Gasteiger partial charge is 0.252 e. The maximum Gasteiger partial charge on any atom is 0.132 e. The van der Waals surface area contributed by atoms with E-state index in [1.807, 2.05) is 90.7 Å². The Morgan fingerprint density at radius 2 is 0.713 bits per heavy atom. The molecule has 0 fully saturated rings. The molecule has 6 nitrogen and oxygen atoms in total. The van der Waals surface area contributed by atoms with Crippen molar-refractivity contribution in [2.75, 3.05) is 0 Å². The van der Waals surface area contributed by atoms with Gasteiger partial charge >= 0.3 is 0 Å². The zero-order valence-corrected chi connectivity index (χ0v) is 59.0. The number of aryl methyl sites for hydroxylation is 2. The SMILES string of the molecule is CCCCCCc1ccc(-c2ccc(-c3ccc(-c4ncc(-c5cc6c(s5)-c5sc(-c7cnc(-c8ccc(-c9ccc(-c%10ccc(CCCCCC)s%10)s9)s8)c8nsnc78)cc5C6(CC(CC)CCCC)CC(CC)CCCC)c5nsnc45)s3)s2)s1. The van der Waals surface area contributed by atoms with Crippen molar-refractivity contribution < 1.29 is 0 Å². The lowest BCUT2D eigenvalue weighted by molar-refractivity contribution is 0.266. The van der Waals surface area contributed by atoms with Gasteiger partial charge in [-0.15, -0.1) is 90.7 Å². The monoisotopic (exact) mass is 1330 g/mol. The first-order chi connectivity index (χ1) is 42.8. The molecule has 0 aliphatic heterocycles. The van der Waals surface area contributed by atoms with E-state index in [1.165, 1.54) is 218 Å². The Kier molecular flexibility index (Phi) is 19.7. The highest BCUT2D eigenvalue weighted by molar-refractivity contribution is 7.28. The van der Waals surface area contributed by atoms with Crippen molar-refractivity contribution in [3.8, 4) is 90.8 Å². The topological polar surface area (TPSA) is 77.3 Å². The number of hydrogen-bond acceptors (Lipinski definition) is 16. The molecule has 1 aliphatic carbocycles. The van der Waals surface area contributed by atoms with E-state index in [2.05, 4.69) is 139 Å². The molecule has 1 aliphatic rings. The van der Waals surface area contributed by atoms with Gasteiger partial charge in [0.25, 0.3) is 0 Å². The number of pyridine rings is 2. The van der Waals surface area contributed by atoms with Gasteiger partial charge in [0.15, 0.2) is 0 Å². The summed E-state index contributed by atoms with van der Waals surface area (Å²) in [6.45, 7) is 14.1. The van der Waals surface area contributed by atoms with E-state index in [1.54, 1.807) is 0 Å². The molecule has 0 saturated heterocycles. The molecule has 0 bridgehead atoms. The molecule has 87 heavy (non-hydrogen) atoms. The highest BCUT2D eigenvalue weighted by Gasteiger charge is 2.48. The second-order valence-electron chi connectivity index (χ2n) is 23.8. The Balaban J connectivity index is 0.830. The smallest absolute Gasteiger partial charge is 0.132 e. The Bertz CT molecular complexity index is 3970. The van der Waals surface area contributed by atoms with Gasteiger partial charge in [0.05, 0.1) is 33.2 Å². The van der Waals surface area contributed by atoms with E-state index in [0.29, 0.717) is 11.8 Å². The van der Waals surface area contributed by atoms with Gasteiger partial charge in [0.2, 0.25) is 0 Å². The fourth-order valence-corrected chi connectivity index (χ4v) is 23.3. The molecule has 12 aromatic rings. The van der Waals surface area contributed by atoms with Gasteiger partial charge in [0, 0.05) is 97.2 Å². The number of fused-ring (bicyclic) bond motifs is 5. The first-order valence-electron chi connectivity index (χ1n) is 31.9. The van der Waals surface area contributed by atoms with Gasteiger partial charge in [-0.1, -0.05) is 131 Å². The quantitative estimate of drug-likeness (QED) is 0.0418. The first-order valence-corrected chi connectivity index (χ1v) is 39.9. The summed E-state index contributed by atoms with van der Waals surface area (Å²) in [6, 6.07) is 32.7. The van der Waals surface area contributed by atoms with E-state index in [0.717, 1.165) is 67.2 Å². The number of rotatable bonds is 30. The molecule has 2 unspecified atom stereocenters. The van der Waals surface area contributed by atoms with Crippen LogP contribution in [-0.4, -0.2) is 27.5 Å². The molecule has 12 aromatic heterocycles. The molecule has 0 spiro atoms. The predicted molar refractivity (Wildman–Crippen MR) is 388 cm³/mol. The maximum atomic E-state index is 5.33. The average Bonchev–Trinajstić information content (AvgIpc) is 1.58. The summed E-state index contributed by atoms with van der Waals surface area (Å²) in [6.07, 6.45) is 29.1. The van der Waals surface area contributed by atoms with E-state index in [-0.39, 0.29) is 5.41 Å². The van der Waals surface area contributed by atoms with Gasteiger partial charge in [-0.25, -0.2) is 0 Å². The summed E-state index contributed by atoms with van der Waals surface area (Å²) in [5.74, 6) is 1.22. The van der Waals surface area contributed by atoms with Crippen LogP contribution in [0, 0.1) is 11.8 Å². The highest BCUT2D eigenvalue weighted by Crippen LogP contribution is 2.63. The van der Waals surface area contributed by atoms with Crippen LogP contribution >= 0.6 is 114 Å². The van der Waals surface area contributed by atoms with Crippen LogP contribution in [0.1, 0.15) is 178 Å². The van der Waals surface area contributed by atoms with Gasteiger partial charge in [-0.3, -0.25) is 9.97 Å². The molecular weight excluding hydrogens is 1260 g/mol. The first kappa shape index (κ1) is 61.4. The lowest BCUT2D eigenvalue weighted by Crippen LogP contribution is -2.31. The van der Waals surface area contributed by atoms with Crippen LogP contribution in [0.5, 0.6) is 0 Å². The molecule has 0 saturated carbocycles.